The number of rotatable bonds is 3. The molecule has 0 unspecified atom stereocenters. The molecule has 1 rings (SSSR count). The van der Waals surface area contributed by atoms with E-state index in [4.69, 9.17) is 4.74 Å². The maximum Gasteiger partial charge on any atom is 0.0581 e. The maximum absolute atomic E-state index is 5.74. The zero-order valence-electron chi connectivity index (χ0n) is 8.84. The second kappa shape index (κ2) is 4.27. The molecule has 1 saturated heterocycles. The van der Waals surface area contributed by atoms with Crippen LogP contribution in [0.15, 0.2) is 0 Å². The fraction of sp³-hybridized carbons (Fsp3) is 1.00. The summed E-state index contributed by atoms with van der Waals surface area (Å²) >= 11 is 0. The van der Waals surface area contributed by atoms with Crippen molar-refractivity contribution in [2.24, 2.45) is 17.8 Å². The van der Waals surface area contributed by atoms with E-state index in [1.165, 1.54) is 12.8 Å². The molecule has 1 fully saturated rings. The molecule has 0 radical (unpaired) electrons. The van der Waals surface area contributed by atoms with Gasteiger partial charge in [0.2, 0.25) is 0 Å². The molecule has 1 aliphatic heterocycles. The van der Waals surface area contributed by atoms with Crippen LogP contribution < -0.4 is 0 Å². The van der Waals surface area contributed by atoms with Crippen LogP contribution in [0.5, 0.6) is 0 Å². The summed E-state index contributed by atoms with van der Waals surface area (Å²) in [4.78, 5) is 0. The highest BCUT2D eigenvalue weighted by atomic mass is 16.5. The fourth-order valence-electron chi connectivity index (χ4n) is 1.89. The second-order valence-corrected chi connectivity index (χ2v) is 4.82. The van der Waals surface area contributed by atoms with Crippen LogP contribution in [0, 0.1) is 17.8 Å². The first kappa shape index (κ1) is 10.0. The molecule has 0 bridgehead atoms. The third kappa shape index (κ3) is 2.78. The van der Waals surface area contributed by atoms with E-state index in [1.807, 2.05) is 0 Å². The lowest BCUT2D eigenvalue weighted by Crippen LogP contribution is -2.10. The van der Waals surface area contributed by atoms with Crippen molar-refractivity contribution in [1.82, 2.24) is 0 Å². The fourth-order valence-corrected chi connectivity index (χ4v) is 1.89. The van der Waals surface area contributed by atoms with Crippen molar-refractivity contribution >= 4 is 0 Å². The Morgan fingerprint density at radius 2 is 1.92 bits per heavy atom. The summed E-state index contributed by atoms with van der Waals surface area (Å²) in [5.74, 6) is 2.39. The molecule has 1 aliphatic rings. The molecular weight excluding hydrogens is 148 g/mol. The molecule has 0 aliphatic carbocycles. The van der Waals surface area contributed by atoms with E-state index in [-0.39, 0.29) is 0 Å². The van der Waals surface area contributed by atoms with E-state index in [9.17, 15) is 0 Å². The van der Waals surface area contributed by atoms with Crippen LogP contribution >= 0.6 is 0 Å². The predicted molar refractivity (Wildman–Crippen MR) is 52.1 cm³/mol. The lowest BCUT2D eigenvalue weighted by molar-refractivity contribution is 0.0884. The van der Waals surface area contributed by atoms with E-state index in [1.54, 1.807) is 0 Å². The van der Waals surface area contributed by atoms with E-state index >= 15 is 0 Å². The SMILES string of the molecule is CC(C)C[C@@H]1C[C@H](C(C)C)CO1. The van der Waals surface area contributed by atoms with Gasteiger partial charge in [-0.25, -0.2) is 0 Å². The summed E-state index contributed by atoms with van der Waals surface area (Å²) < 4.78 is 5.74. The summed E-state index contributed by atoms with van der Waals surface area (Å²) in [6.45, 7) is 10.1. The van der Waals surface area contributed by atoms with Gasteiger partial charge in [-0.15, -0.1) is 0 Å². The Kier molecular flexibility index (Phi) is 3.57. The van der Waals surface area contributed by atoms with E-state index in [0.29, 0.717) is 6.10 Å². The van der Waals surface area contributed by atoms with Crippen LogP contribution in [0.25, 0.3) is 0 Å². The summed E-state index contributed by atoms with van der Waals surface area (Å²) in [5, 5.41) is 0. The predicted octanol–water partition coefficient (Wildman–Crippen LogP) is 3.09. The lowest BCUT2D eigenvalue weighted by atomic mass is 9.91. The van der Waals surface area contributed by atoms with Gasteiger partial charge in [0.25, 0.3) is 0 Å². The molecule has 12 heavy (non-hydrogen) atoms. The summed E-state index contributed by atoms with van der Waals surface area (Å²) in [7, 11) is 0. The Morgan fingerprint density at radius 1 is 1.25 bits per heavy atom. The highest BCUT2D eigenvalue weighted by molar-refractivity contribution is 4.76. The highest BCUT2D eigenvalue weighted by Crippen LogP contribution is 2.29. The van der Waals surface area contributed by atoms with Crippen LogP contribution in [0.4, 0.5) is 0 Å². The van der Waals surface area contributed by atoms with Crippen molar-refractivity contribution in [2.45, 2.75) is 46.6 Å². The molecule has 0 spiro atoms. The van der Waals surface area contributed by atoms with Gasteiger partial charge in [-0.2, -0.15) is 0 Å². The normalized spacial score (nSPS) is 30.5. The van der Waals surface area contributed by atoms with Gasteiger partial charge < -0.3 is 4.74 Å². The summed E-state index contributed by atoms with van der Waals surface area (Å²) in [6, 6.07) is 0. The molecule has 0 amide bonds. The average molecular weight is 170 g/mol. The largest absolute Gasteiger partial charge is 0.378 e. The smallest absolute Gasteiger partial charge is 0.0581 e. The van der Waals surface area contributed by atoms with Gasteiger partial charge in [0.15, 0.2) is 0 Å². The third-order valence-electron chi connectivity index (χ3n) is 2.79. The van der Waals surface area contributed by atoms with Crippen LogP contribution in [-0.2, 0) is 4.74 Å². The Morgan fingerprint density at radius 3 is 2.33 bits per heavy atom. The summed E-state index contributed by atoms with van der Waals surface area (Å²) in [6.07, 6.45) is 3.08. The van der Waals surface area contributed by atoms with Crippen LogP contribution in [0.1, 0.15) is 40.5 Å². The quantitative estimate of drug-likeness (QED) is 0.632. The van der Waals surface area contributed by atoms with Gasteiger partial charge in [-0.1, -0.05) is 27.7 Å². The zero-order chi connectivity index (χ0) is 9.14. The molecule has 0 N–H and O–H groups in total. The molecule has 0 saturated carbocycles. The third-order valence-corrected chi connectivity index (χ3v) is 2.79. The number of ether oxygens (including phenoxy) is 1. The molecule has 1 heterocycles. The number of hydrogen-bond acceptors (Lipinski definition) is 1. The average Bonchev–Trinajstić information content (AvgIpc) is 2.34. The first-order chi connectivity index (χ1) is 5.59. The molecule has 0 aromatic heterocycles. The van der Waals surface area contributed by atoms with Gasteiger partial charge >= 0.3 is 0 Å². The first-order valence-corrected chi connectivity index (χ1v) is 5.21. The standard InChI is InChI=1S/C11H22O/c1-8(2)5-11-6-10(7-12-11)9(3)4/h8-11H,5-7H2,1-4H3/t10-,11+/m0/s1. The first-order valence-electron chi connectivity index (χ1n) is 5.21. The molecule has 0 aromatic rings. The van der Waals surface area contributed by atoms with Gasteiger partial charge in [0, 0.05) is 0 Å². The minimum atomic E-state index is 0.553. The maximum atomic E-state index is 5.74. The van der Waals surface area contributed by atoms with Crippen molar-refractivity contribution in [2.75, 3.05) is 6.61 Å². The van der Waals surface area contributed by atoms with E-state index in [2.05, 4.69) is 27.7 Å². The summed E-state index contributed by atoms with van der Waals surface area (Å²) in [5.41, 5.74) is 0. The van der Waals surface area contributed by atoms with E-state index in [0.717, 1.165) is 24.4 Å². The number of hydrogen-bond donors (Lipinski definition) is 0. The van der Waals surface area contributed by atoms with Crippen LogP contribution in [0.3, 0.4) is 0 Å². The molecule has 72 valence electrons. The van der Waals surface area contributed by atoms with Crippen molar-refractivity contribution < 1.29 is 4.74 Å². The second-order valence-electron chi connectivity index (χ2n) is 4.82. The van der Waals surface area contributed by atoms with E-state index < -0.39 is 0 Å². The Hall–Kier alpha value is -0.0400. The molecule has 2 atom stereocenters. The van der Waals surface area contributed by atoms with Crippen molar-refractivity contribution in [3.8, 4) is 0 Å². The minimum Gasteiger partial charge on any atom is -0.378 e. The molecule has 0 aromatic carbocycles. The lowest BCUT2D eigenvalue weighted by Gasteiger charge is -2.13. The minimum absolute atomic E-state index is 0.553. The van der Waals surface area contributed by atoms with Crippen molar-refractivity contribution in [1.29, 1.82) is 0 Å². The molecular formula is C11H22O. The van der Waals surface area contributed by atoms with Gasteiger partial charge in [-0.05, 0) is 30.6 Å². The topological polar surface area (TPSA) is 9.23 Å². The van der Waals surface area contributed by atoms with Crippen LogP contribution in [-0.4, -0.2) is 12.7 Å². The van der Waals surface area contributed by atoms with Crippen LogP contribution in [0.2, 0.25) is 0 Å². The monoisotopic (exact) mass is 170 g/mol. The van der Waals surface area contributed by atoms with Gasteiger partial charge in [0.1, 0.15) is 0 Å². The van der Waals surface area contributed by atoms with Crippen molar-refractivity contribution in [3.05, 3.63) is 0 Å². The molecule has 1 heteroatoms. The molecule has 1 nitrogen and oxygen atoms in total. The Balaban J connectivity index is 2.26. The van der Waals surface area contributed by atoms with Crippen molar-refractivity contribution in [3.63, 3.8) is 0 Å². The van der Waals surface area contributed by atoms with Gasteiger partial charge in [-0.3, -0.25) is 0 Å². The van der Waals surface area contributed by atoms with Gasteiger partial charge in [0.05, 0.1) is 12.7 Å². The highest BCUT2D eigenvalue weighted by Gasteiger charge is 2.27. The Bertz CT molecular complexity index is 129. The zero-order valence-corrected chi connectivity index (χ0v) is 8.84. The Labute approximate surface area is 76.5 Å².